The summed E-state index contributed by atoms with van der Waals surface area (Å²) < 4.78 is 5.31. The number of likely N-dealkylation sites (N-methyl/N-ethyl adjacent to an activating group) is 1. The highest BCUT2D eigenvalue weighted by Crippen LogP contribution is 1.97. The Morgan fingerprint density at radius 3 is 2.54 bits per heavy atom. The third-order valence-corrected chi connectivity index (χ3v) is 2.18. The van der Waals surface area contributed by atoms with E-state index in [-0.39, 0.29) is 0 Å². The van der Waals surface area contributed by atoms with Gasteiger partial charge in [0.1, 0.15) is 0 Å². The van der Waals surface area contributed by atoms with Crippen molar-refractivity contribution in [1.29, 1.82) is 0 Å². The van der Waals surface area contributed by atoms with Crippen molar-refractivity contribution in [3.8, 4) is 0 Å². The van der Waals surface area contributed by atoms with Gasteiger partial charge in [0.05, 0.1) is 6.61 Å². The number of hydrogen-bond acceptors (Lipinski definition) is 3. The van der Waals surface area contributed by atoms with E-state index in [0.29, 0.717) is 5.92 Å². The zero-order chi connectivity index (χ0) is 10.1. The van der Waals surface area contributed by atoms with Crippen LogP contribution in [0.5, 0.6) is 0 Å². The molecule has 0 rings (SSSR count). The van der Waals surface area contributed by atoms with Crippen LogP contribution in [-0.4, -0.2) is 44.3 Å². The molecule has 0 aromatic heterocycles. The number of rotatable bonds is 8. The fraction of sp³-hybridized carbons (Fsp3) is 1.00. The monoisotopic (exact) mass is 188 g/mol. The Morgan fingerprint density at radius 2 is 2.08 bits per heavy atom. The molecule has 0 spiro atoms. The summed E-state index contributed by atoms with van der Waals surface area (Å²) in [6, 6.07) is 0. The van der Waals surface area contributed by atoms with Crippen molar-refractivity contribution in [3.05, 3.63) is 0 Å². The van der Waals surface area contributed by atoms with Crippen LogP contribution in [0.15, 0.2) is 0 Å². The molecule has 0 aromatic rings. The summed E-state index contributed by atoms with van der Waals surface area (Å²) in [6.45, 7) is 12.0. The predicted molar refractivity (Wildman–Crippen MR) is 56.8 cm³/mol. The standard InChI is InChI=1S/C10H24N2O/c1-4-12(6-7-13-5-2)9-10(3)8-11/h10H,4-9,11H2,1-3H3. The minimum absolute atomic E-state index is 0.585. The molecule has 0 fully saturated rings. The molecule has 1 atom stereocenters. The summed E-state index contributed by atoms with van der Waals surface area (Å²) in [4.78, 5) is 2.38. The summed E-state index contributed by atoms with van der Waals surface area (Å²) in [5.41, 5.74) is 5.57. The van der Waals surface area contributed by atoms with E-state index in [2.05, 4.69) is 18.7 Å². The first-order chi connectivity index (χ1) is 6.24. The van der Waals surface area contributed by atoms with Crippen molar-refractivity contribution in [2.24, 2.45) is 11.7 Å². The maximum absolute atomic E-state index is 5.57. The van der Waals surface area contributed by atoms with Gasteiger partial charge in [0.25, 0.3) is 0 Å². The van der Waals surface area contributed by atoms with Gasteiger partial charge in [0.2, 0.25) is 0 Å². The van der Waals surface area contributed by atoms with Gasteiger partial charge in [-0.1, -0.05) is 13.8 Å². The molecule has 0 saturated heterocycles. The van der Waals surface area contributed by atoms with Gasteiger partial charge in [-0.25, -0.2) is 0 Å². The van der Waals surface area contributed by atoms with Crippen molar-refractivity contribution in [2.75, 3.05) is 39.4 Å². The molecule has 0 amide bonds. The first-order valence-corrected chi connectivity index (χ1v) is 5.24. The van der Waals surface area contributed by atoms with Gasteiger partial charge in [-0.2, -0.15) is 0 Å². The van der Waals surface area contributed by atoms with Gasteiger partial charge in [0.15, 0.2) is 0 Å². The number of ether oxygens (including phenoxy) is 1. The van der Waals surface area contributed by atoms with E-state index in [9.17, 15) is 0 Å². The van der Waals surface area contributed by atoms with E-state index < -0.39 is 0 Å². The molecule has 0 bridgehead atoms. The highest BCUT2D eigenvalue weighted by molar-refractivity contribution is 4.61. The van der Waals surface area contributed by atoms with Gasteiger partial charge < -0.3 is 15.4 Å². The fourth-order valence-electron chi connectivity index (χ4n) is 1.23. The van der Waals surface area contributed by atoms with Crippen LogP contribution in [0.25, 0.3) is 0 Å². The lowest BCUT2D eigenvalue weighted by Gasteiger charge is -2.23. The van der Waals surface area contributed by atoms with Crippen LogP contribution in [0.3, 0.4) is 0 Å². The first kappa shape index (κ1) is 12.9. The number of nitrogens with zero attached hydrogens (tertiary/aromatic N) is 1. The Kier molecular flexibility index (Phi) is 8.40. The molecular formula is C10H24N2O. The maximum atomic E-state index is 5.57. The van der Waals surface area contributed by atoms with Crippen molar-refractivity contribution >= 4 is 0 Å². The van der Waals surface area contributed by atoms with Crippen LogP contribution in [0.4, 0.5) is 0 Å². The lowest BCUT2D eigenvalue weighted by atomic mass is 10.2. The Labute approximate surface area is 82.2 Å². The second-order valence-corrected chi connectivity index (χ2v) is 3.43. The molecule has 0 aromatic carbocycles. The van der Waals surface area contributed by atoms with E-state index in [1.165, 1.54) is 0 Å². The largest absolute Gasteiger partial charge is 0.380 e. The highest BCUT2D eigenvalue weighted by atomic mass is 16.5. The van der Waals surface area contributed by atoms with Crippen molar-refractivity contribution in [2.45, 2.75) is 20.8 Å². The van der Waals surface area contributed by atoms with Gasteiger partial charge in [-0.05, 0) is 25.9 Å². The molecule has 0 aliphatic heterocycles. The molecule has 0 aliphatic rings. The molecular weight excluding hydrogens is 164 g/mol. The van der Waals surface area contributed by atoms with Crippen molar-refractivity contribution in [1.82, 2.24) is 4.90 Å². The molecule has 1 unspecified atom stereocenters. The van der Waals surface area contributed by atoms with Crippen molar-refractivity contribution < 1.29 is 4.74 Å². The summed E-state index contributed by atoms with van der Waals surface area (Å²) in [5, 5.41) is 0. The number of nitrogens with two attached hydrogens (primary N) is 1. The normalized spacial score (nSPS) is 13.6. The van der Waals surface area contributed by atoms with Crippen molar-refractivity contribution in [3.63, 3.8) is 0 Å². The van der Waals surface area contributed by atoms with Gasteiger partial charge in [-0.15, -0.1) is 0 Å². The minimum Gasteiger partial charge on any atom is -0.380 e. The van der Waals surface area contributed by atoms with Gasteiger partial charge >= 0.3 is 0 Å². The van der Waals surface area contributed by atoms with E-state index in [1.807, 2.05) is 6.92 Å². The second kappa shape index (κ2) is 8.48. The zero-order valence-electron chi connectivity index (χ0n) is 9.25. The van der Waals surface area contributed by atoms with Gasteiger partial charge in [-0.3, -0.25) is 0 Å². The smallest absolute Gasteiger partial charge is 0.0593 e. The van der Waals surface area contributed by atoms with Crippen LogP contribution < -0.4 is 5.73 Å². The lowest BCUT2D eigenvalue weighted by molar-refractivity contribution is 0.110. The molecule has 0 radical (unpaired) electrons. The summed E-state index contributed by atoms with van der Waals surface area (Å²) in [7, 11) is 0. The Bertz CT molecular complexity index is 109. The first-order valence-electron chi connectivity index (χ1n) is 5.24. The predicted octanol–water partition coefficient (Wildman–Crippen LogP) is 0.940. The molecule has 2 N–H and O–H groups in total. The molecule has 13 heavy (non-hydrogen) atoms. The topological polar surface area (TPSA) is 38.5 Å². The molecule has 0 aliphatic carbocycles. The van der Waals surface area contributed by atoms with E-state index >= 15 is 0 Å². The van der Waals surface area contributed by atoms with E-state index in [4.69, 9.17) is 10.5 Å². The van der Waals surface area contributed by atoms with Crippen LogP contribution in [0.1, 0.15) is 20.8 Å². The average Bonchev–Trinajstić information content (AvgIpc) is 2.16. The average molecular weight is 188 g/mol. The summed E-state index contributed by atoms with van der Waals surface area (Å²) in [6.07, 6.45) is 0. The van der Waals surface area contributed by atoms with E-state index in [0.717, 1.165) is 39.4 Å². The Hall–Kier alpha value is -0.120. The summed E-state index contributed by atoms with van der Waals surface area (Å²) in [5.74, 6) is 0.585. The van der Waals surface area contributed by atoms with Crippen LogP contribution in [0, 0.1) is 5.92 Å². The molecule has 80 valence electrons. The molecule has 0 saturated carbocycles. The third-order valence-electron chi connectivity index (χ3n) is 2.18. The Balaban J connectivity index is 3.50. The zero-order valence-corrected chi connectivity index (χ0v) is 9.25. The Morgan fingerprint density at radius 1 is 1.38 bits per heavy atom. The van der Waals surface area contributed by atoms with E-state index in [1.54, 1.807) is 0 Å². The SMILES string of the molecule is CCOCCN(CC)CC(C)CN. The summed E-state index contributed by atoms with van der Waals surface area (Å²) >= 11 is 0. The van der Waals surface area contributed by atoms with Crippen LogP contribution in [-0.2, 0) is 4.74 Å². The van der Waals surface area contributed by atoms with Crippen LogP contribution in [0.2, 0.25) is 0 Å². The highest BCUT2D eigenvalue weighted by Gasteiger charge is 2.06. The number of hydrogen-bond donors (Lipinski definition) is 1. The third kappa shape index (κ3) is 6.99. The van der Waals surface area contributed by atoms with Crippen LogP contribution >= 0.6 is 0 Å². The minimum atomic E-state index is 0.585. The molecule has 3 heteroatoms. The van der Waals surface area contributed by atoms with Gasteiger partial charge in [0, 0.05) is 19.7 Å². The molecule has 0 heterocycles. The lowest BCUT2D eigenvalue weighted by Crippen LogP contribution is -2.34. The second-order valence-electron chi connectivity index (χ2n) is 3.43. The molecule has 3 nitrogen and oxygen atoms in total. The quantitative estimate of drug-likeness (QED) is 0.576. The fourth-order valence-corrected chi connectivity index (χ4v) is 1.23. The maximum Gasteiger partial charge on any atom is 0.0593 e.